The summed E-state index contributed by atoms with van der Waals surface area (Å²) in [6, 6.07) is 0. The third-order valence-electron chi connectivity index (χ3n) is 5.84. The lowest BCUT2D eigenvalue weighted by Crippen LogP contribution is -2.32. The quantitative estimate of drug-likeness (QED) is 0.535. The molecule has 5 fully saturated rings. The summed E-state index contributed by atoms with van der Waals surface area (Å²) in [4.78, 5) is 0. The molecule has 5 saturated carbocycles. The third kappa shape index (κ3) is 0.532. The van der Waals surface area contributed by atoms with Crippen LogP contribution >= 0.6 is 0 Å². The SMILES string of the molecule is C=C(C)C12C3C4C[C@@H](C[C@H]1C4)C[C@H]32. The number of rotatable bonds is 1. The first-order valence-corrected chi connectivity index (χ1v) is 5.90. The molecule has 0 heteroatoms. The summed E-state index contributed by atoms with van der Waals surface area (Å²) in [6.07, 6.45) is 6.25. The maximum absolute atomic E-state index is 4.29. The molecular weight excluding hydrogens is 156 g/mol. The van der Waals surface area contributed by atoms with E-state index in [0.29, 0.717) is 5.41 Å². The van der Waals surface area contributed by atoms with Crippen LogP contribution < -0.4 is 0 Å². The second kappa shape index (κ2) is 1.76. The van der Waals surface area contributed by atoms with Crippen molar-refractivity contribution >= 4 is 0 Å². The van der Waals surface area contributed by atoms with Crippen LogP contribution in [0.2, 0.25) is 0 Å². The molecule has 5 rings (SSSR count). The average molecular weight is 174 g/mol. The Morgan fingerprint density at radius 1 is 1.23 bits per heavy atom. The summed E-state index contributed by atoms with van der Waals surface area (Å²) in [5.74, 6) is 5.52. The highest BCUT2D eigenvalue weighted by atomic mass is 14.8. The van der Waals surface area contributed by atoms with E-state index in [4.69, 9.17) is 0 Å². The van der Waals surface area contributed by atoms with Gasteiger partial charge in [-0.25, -0.2) is 0 Å². The molecule has 5 aliphatic carbocycles. The van der Waals surface area contributed by atoms with Crippen molar-refractivity contribution in [2.24, 2.45) is 35.0 Å². The van der Waals surface area contributed by atoms with Crippen LogP contribution in [0.25, 0.3) is 0 Å². The van der Waals surface area contributed by atoms with Crippen molar-refractivity contribution in [3.05, 3.63) is 12.2 Å². The summed E-state index contributed by atoms with van der Waals surface area (Å²) in [5, 5.41) is 0. The van der Waals surface area contributed by atoms with Crippen molar-refractivity contribution in [1.82, 2.24) is 0 Å². The van der Waals surface area contributed by atoms with Crippen LogP contribution in [0.15, 0.2) is 12.2 Å². The zero-order chi connectivity index (χ0) is 8.79. The van der Waals surface area contributed by atoms with Gasteiger partial charge in [0.05, 0.1) is 0 Å². The summed E-state index contributed by atoms with van der Waals surface area (Å²) in [7, 11) is 0. The van der Waals surface area contributed by atoms with Crippen molar-refractivity contribution in [2.75, 3.05) is 0 Å². The van der Waals surface area contributed by atoms with Crippen LogP contribution in [0.3, 0.4) is 0 Å². The van der Waals surface area contributed by atoms with Gasteiger partial charge in [0.1, 0.15) is 0 Å². The first-order valence-electron chi connectivity index (χ1n) is 5.90. The van der Waals surface area contributed by atoms with E-state index < -0.39 is 0 Å². The lowest BCUT2D eigenvalue weighted by atomic mass is 9.64. The van der Waals surface area contributed by atoms with Gasteiger partial charge in [0.15, 0.2) is 0 Å². The van der Waals surface area contributed by atoms with Gasteiger partial charge in [-0.05, 0) is 62.2 Å². The second-order valence-electron chi connectivity index (χ2n) is 6.11. The predicted octanol–water partition coefficient (Wildman–Crippen LogP) is 3.24. The van der Waals surface area contributed by atoms with E-state index in [1.807, 2.05) is 0 Å². The van der Waals surface area contributed by atoms with Crippen molar-refractivity contribution in [3.8, 4) is 0 Å². The summed E-state index contributed by atoms with van der Waals surface area (Å²) >= 11 is 0. The summed E-state index contributed by atoms with van der Waals surface area (Å²) < 4.78 is 0. The molecule has 0 aliphatic heterocycles. The summed E-state index contributed by atoms with van der Waals surface area (Å²) in [6.45, 7) is 6.59. The fraction of sp³-hybridized carbons (Fsp3) is 0.846. The zero-order valence-corrected chi connectivity index (χ0v) is 8.42. The fourth-order valence-corrected chi connectivity index (χ4v) is 5.82. The molecule has 0 heterocycles. The Hall–Kier alpha value is -0.260. The van der Waals surface area contributed by atoms with Crippen LogP contribution in [-0.4, -0.2) is 0 Å². The molecular formula is C13H18. The van der Waals surface area contributed by atoms with Gasteiger partial charge in [-0.3, -0.25) is 0 Å². The van der Waals surface area contributed by atoms with Gasteiger partial charge in [-0.15, -0.1) is 0 Å². The molecule has 0 spiro atoms. The highest BCUT2D eigenvalue weighted by Crippen LogP contribution is 2.84. The topological polar surface area (TPSA) is 0 Å². The first-order chi connectivity index (χ1) is 6.24. The molecule has 0 amide bonds. The van der Waals surface area contributed by atoms with Gasteiger partial charge in [0, 0.05) is 5.41 Å². The molecule has 0 N–H and O–H groups in total. The summed E-state index contributed by atoms with van der Waals surface area (Å²) in [5.41, 5.74) is 2.23. The lowest BCUT2D eigenvalue weighted by Gasteiger charge is -2.41. The largest absolute Gasteiger partial charge is 0.0995 e. The van der Waals surface area contributed by atoms with Gasteiger partial charge in [0.25, 0.3) is 0 Å². The average Bonchev–Trinajstić information content (AvgIpc) is 2.67. The first kappa shape index (κ1) is 7.09. The number of hydrogen-bond acceptors (Lipinski definition) is 0. The maximum atomic E-state index is 4.29. The van der Waals surface area contributed by atoms with Gasteiger partial charge in [-0.1, -0.05) is 12.2 Å². The van der Waals surface area contributed by atoms with E-state index in [1.54, 1.807) is 25.7 Å². The monoisotopic (exact) mass is 174 g/mol. The molecule has 6 atom stereocenters. The third-order valence-corrected chi connectivity index (χ3v) is 5.84. The highest BCUT2D eigenvalue weighted by Gasteiger charge is 2.78. The van der Waals surface area contributed by atoms with Crippen LogP contribution in [-0.2, 0) is 0 Å². The molecule has 3 unspecified atom stereocenters. The van der Waals surface area contributed by atoms with Crippen molar-refractivity contribution in [3.63, 3.8) is 0 Å². The van der Waals surface area contributed by atoms with E-state index in [9.17, 15) is 0 Å². The molecule has 70 valence electrons. The van der Waals surface area contributed by atoms with Crippen LogP contribution in [0.4, 0.5) is 0 Å². The minimum Gasteiger partial charge on any atom is -0.0995 e. The Morgan fingerprint density at radius 3 is 2.77 bits per heavy atom. The molecule has 0 saturated heterocycles. The maximum Gasteiger partial charge on any atom is 0.00000959 e. The van der Waals surface area contributed by atoms with Gasteiger partial charge < -0.3 is 0 Å². The van der Waals surface area contributed by atoms with Crippen LogP contribution in [0.1, 0.15) is 32.6 Å². The molecule has 5 aliphatic rings. The minimum absolute atomic E-state index is 0.692. The van der Waals surface area contributed by atoms with Crippen LogP contribution in [0, 0.1) is 35.0 Å². The molecule has 0 aromatic heterocycles. The Kier molecular flexibility index (Phi) is 0.959. The van der Waals surface area contributed by atoms with E-state index >= 15 is 0 Å². The normalized spacial score (nSPS) is 65.5. The molecule has 13 heavy (non-hydrogen) atoms. The Morgan fingerprint density at radius 2 is 2.08 bits per heavy atom. The molecule has 0 radical (unpaired) electrons. The Labute approximate surface area is 80.4 Å². The Bertz CT molecular complexity index is 299. The molecule has 0 aromatic carbocycles. The predicted molar refractivity (Wildman–Crippen MR) is 53.2 cm³/mol. The van der Waals surface area contributed by atoms with Crippen molar-refractivity contribution < 1.29 is 0 Å². The highest BCUT2D eigenvalue weighted by molar-refractivity contribution is 5.35. The van der Waals surface area contributed by atoms with E-state index in [0.717, 1.165) is 29.6 Å². The van der Waals surface area contributed by atoms with Crippen LogP contribution in [0.5, 0.6) is 0 Å². The van der Waals surface area contributed by atoms with Gasteiger partial charge >= 0.3 is 0 Å². The number of allylic oxidation sites excluding steroid dienone is 1. The minimum atomic E-state index is 0.692. The molecule has 0 nitrogen and oxygen atoms in total. The molecule has 4 bridgehead atoms. The van der Waals surface area contributed by atoms with E-state index in [2.05, 4.69) is 13.5 Å². The lowest BCUT2D eigenvalue weighted by molar-refractivity contribution is 0.108. The van der Waals surface area contributed by atoms with E-state index in [-0.39, 0.29) is 0 Å². The van der Waals surface area contributed by atoms with Gasteiger partial charge in [0.2, 0.25) is 0 Å². The standard InChI is InChI=1S/C13H18/c1-7(2)13-10-4-8-3-9(6-10)12(13)11(13)5-8/h8-12H,1,3-6H2,2H3/t8-,9?,10-,11+,12?,13?/m0/s1. The van der Waals surface area contributed by atoms with Gasteiger partial charge in [-0.2, -0.15) is 0 Å². The smallest absolute Gasteiger partial charge is 0.00000959 e. The second-order valence-corrected chi connectivity index (χ2v) is 6.11. The number of hydrogen-bond donors (Lipinski definition) is 0. The van der Waals surface area contributed by atoms with E-state index in [1.165, 1.54) is 5.57 Å². The van der Waals surface area contributed by atoms with Crippen molar-refractivity contribution in [1.29, 1.82) is 0 Å². The molecule has 0 aromatic rings. The van der Waals surface area contributed by atoms with Crippen molar-refractivity contribution in [2.45, 2.75) is 32.6 Å². The zero-order valence-electron chi connectivity index (χ0n) is 8.42. The Balaban J connectivity index is 1.87. The fourth-order valence-electron chi connectivity index (χ4n) is 5.82.